The summed E-state index contributed by atoms with van der Waals surface area (Å²) in [6, 6.07) is 6.05. The lowest BCUT2D eigenvalue weighted by Gasteiger charge is -2.20. The highest BCUT2D eigenvalue weighted by atomic mass is 35.5. The Morgan fingerprint density at radius 2 is 1.94 bits per heavy atom. The van der Waals surface area contributed by atoms with Gasteiger partial charge in [-0.25, -0.2) is 14.8 Å². The summed E-state index contributed by atoms with van der Waals surface area (Å²) in [6.45, 7) is -0.634. The Balaban J connectivity index is 1.61. The highest BCUT2D eigenvalue weighted by Gasteiger charge is 2.43. The fourth-order valence-electron chi connectivity index (χ4n) is 3.42. The number of benzene rings is 1. The van der Waals surface area contributed by atoms with E-state index in [0.717, 1.165) is 4.90 Å². The summed E-state index contributed by atoms with van der Waals surface area (Å²) in [4.78, 5) is 51.1. The number of pyridine rings is 1. The Bertz CT molecular complexity index is 1210. The first kappa shape index (κ1) is 21.4. The van der Waals surface area contributed by atoms with Crippen LogP contribution in [0.1, 0.15) is 16.2 Å². The predicted molar refractivity (Wildman–Crippen MR) is 114 cm³/mol. The van der Waals surface area contributed by atoms with Gasteiger partial charge in [0.25, 0.3) is 0 Å². The SMILES string of the molecule is O=C(O)CN1C(=O)N(Cc2nc3nc(Cl)ccc3[nH]2)CC1C(=O)c1ccc(Cl)cc1Cl. The van der Waals surface area contributed by atoms with Gasteiger partial charge in [0, 0.05) is 10.6 Å². The number of hydrogen-bond acceptors (Lipinski definition) is 5. The molecule has 31 heavy (non-hydrogen) atoms. The van der Waals surface area contributed by atoms with Crippen molar-refractivity contribution in [1.82, 2.24) is 24.8 Å². The van der Waals surface area contributed by atoms with Crippen molar-refractivity contribution < 1.29 is 19.5 Å². The Hall–Kier alpha value is -2.88. The number of halogens is 3. The van der Waals surface area contributed by atoms with Gasteiger partial charge in [0.05, 0.1) is 23.6 Å². The largest absolute Gasteiger partial charge is 0.480 e. The molecule has 1 fully saturated rings. The van der Waals surface area contributed by atoms with Crippen molar-refractivity contribution in [1.29, 1.82) is 0 Å². The Morgan fingerprint density at radius 1 is 1.16 bits per heavy atom. The number of aliphatic carboxylic acids is 1. The number of aromatic nitrogens is 3. The molecule has 0 radical (unpaired) electrons. The summed E-state index contributed by atoms with van der Waals surface area (Å²) in [6.07, 6.45) is 0. The molecule has 4 rings (SSSR count). The van der Waals surface area contributed by atoms with Gasteiger partial charge in [0.1, 0.15) is 23.6 Å². The van der Waals surface area contributed by atoms with Crippen molar-refractivity contribution >= 4 is 63.8 Å². The van der Waals surface area contributed by atoms with Gasteiger partial charge >= 0.3 is 12.0 Å². The molecule has 0 bridgehead atoms. The number of aromatic amines is 1. The van der Waals surface area contributed by atoms with Crippen molar-refractivity contribution in [2.45, 2.75) is 12.6 Å². The van der Waals surface area contributed by atoms with Gasteiger partial charge in [-0.2, -0.15) is 0 Å². The fourth-order valence-corrected chi connectivity index (χ4v) is 4.07. The molecule has 1 aliphatic rings. The van der Waals surface area contributed by atoms with E-state index in [2.05, 4.69) is 15.0 Å². The van der Waals surface area contributed by atoms with E-state index in [-0.39, 0.29) is 28.8 Å². The van der Waals surface area contributed by atoms with Gasteiger partial charge in [-0.05, 0) is 30.3 Å². The third-order valence-corrected chi connectivity index (χ3v) is 5.55. The maximum Gasteiger partial charge on any atom is 0.323 e. The number of H-pyrrole nitrogens is 1. The number of carbonyl (C=O) groups is 3. The minimum atomic E-state index is -1.24. The number of fused-ring (bicyclic) bond motifs is 1. The lowest BCUT2D eigenvalue weighted by atomic mass is 10.0. The number of carboxylic acid groups (broad SMARTS) is 1. The number of imidazole rings is 1. The van der Waals surface area contributed by atoms with Crippen molar-refractivity contribution in [3.8, 4) is 0 Å². The molecule has 2 aromatic heterocycles. The van der Waals surface area contributed by atoms with Gasteiger partial charge < -0.3 is 19.9 Å². The highest BCUT2D eigenvalue weighted by molar-refractivity contribution is 6.37. The van der Waals surface area contributed by atoms with Gasteiger partial charge in [0.2, 0.25) is 0 Å². The van der Waals surface area contributed by atoms with Crippen LogP contribution in [0.2, 0.25) is 15.2 Å². The van der Waals surface area contributed by atoms with E-state index in [0.29, 0.717) is 22.0 Å². The van der Waals surface area contributed by atoms with Gasteiger partial charge in [-0.1, -0.05) is 34.8 Å². The molecule has 1 unspecified atom stereocenters. The average molecular weight is 483 g/mol. The van der Waals surface area contributed by atoms with Crippen molar-refractivity contribution in [2.24, 2.45) is 0 Å². The number of amides is 2. The van der Waals surface area contributed by atoms with Crippen LogP contribution in [-0.2, 0) is 11.3 Å². The zero-order chi connectivity index (χ0) is 22.3. The third-order valence-electron chi connectivity index (χ3n) is 4.79. The molecular formula is C19H14Cl3N5O4. The number of rotatable bonds is 6. The number of Topliss-reactive ketones (excluding diaryl/α,β-unsaturated/α-hetero) is 1. The van der Waals surface area contributed by atoms with Crippen LogP contribution in [0.4, 0.5) is 4.79 Å². The van der Waals surface area contributed by atoms with E-state index < -0.39 is 30.4 Å². The van der Waals surface area contributed by atoms with Crippen LogP contribution in [-0.4, -0.2) is 66.8 Å². The number of carbonyl (C=O) groups excluding carboxylic acids is 2. The van der Waals surface area contributed by atoms with Crippen LogP contribution in [0.3, 0.4) is 0 Å². The van der Waals surface area contributed by atoms with Crippen LogP contribution < -0.4 is 0 Å². The summed E-state index contributed by atoms with van der Waals surface area (Å²) >= 11 is 17.9. The second kappa shape index (κ2) is 8.33. The molecular weight excluding hydrogens is 469 g/mol. The van der Waals surface area contributed by atoms with Gasteiger partial charge in [-0.15, -0.1) is 0 Å². The number of urea groups is 1. The third kappa shape index (κ3) is 4.30. The molecule has 1 saturated heterocycles. The molecule has 160 valence electrons. The lowest BCUT2D eigenvalue weighted by molar-refractivity contribution is -0.137. The van der Waals surface area contributed by atoms with E-state index >= 15 is 0 Å². The van der Waals surface area contributed by atoms with Crippen LogP contribution >= 0.6 is 34.8 Å². The maximum atomic E-state index is 13.1. The molecule has 3 aromatic rings. The first-order valence-corrected chi connectivity index (χ1v) is 10.1. The maximum absolute atomic E-state index is 13.1. The van der Waals surface area contributed by atoms with E-state index in [1.165, 1.54) is 23.1 Å². The number of nitrogens with zero attached hydrogens (tertiary/aromatic N) is 4. The molecule has 12 heteroatoms. The molecule has 0 aliphatic carbocycles. The first-order valence-electron chi connectivity index (χ1n) is 9.00. The van der Waals surface area contributed by atoms with E-state index in [4.69, 9.17) is 34.8 Å². The molecule has 1 aliphatic heterocycles. The van der Waals surface area contributed by atoms with Crippen molar-refractivity contribution in [3.63, 3.8) is 0 Å². The lowest BCUT2D eigenvalue weighted by Crippen LogP contribution is -2.42. The smallest absolute Gasteiger partial charge is 0.323 e. The number of nitrogens with one attached hydrogen (secondary N) is 1. The van der Waals surface area contributed by atoms with Crippen molar-refractivity contribution in [3.05, 3.63) is 56.9 Å². The van der Waals surface area contributed by atoms with Crippen LogP contribution in [0.25, 0.3) is 11.2 Å². The van der Waals surface area contributed by atoms with E-state index in [1.807, 2.05) is 0 Å². The second-order valence-electron chi connectivity index (χ2n) is 6.88. The van der Waals surface area contributed by atoms with E-state index in [1.54, 1.807) is 12.1 Å². The molecule has 0 saturated carbocycles. The Morgan fingerprint density at radius 3 is 2.65 bits per heavy atom. The zero-order valence-electron chi connectivity index (χ0n) is 15.7. The minimum Gasteiger partial charge on any atom is -0.480 e. The molecule has 1 atom stereocenters. The zero-order valence-corrected chi connectivity index (χ0v) is 17.9. The summed E-state index contributed by atoms with van der Waals surface area (Å²) in [5, 5.41) is 10.00. The molecule has 3 heterocycles. The normalized spacial score (nSPS) is 16.4. The molecule has 2 amide bonds. The number of hydrogen-bond donors (Lipinski definition) is 2. The highest BCUT2D eigenvalue weighted by Crippen LogP contribution is 2.27. The summed E-state index contributed by atoms with van der Waals surface area (Å²) < 4.78 is 0. The van der Waals surface area contributed by atoms with Gasteiger partial charge in [-0.3, -0.25) is 9.59 Å². The standard InChI is InChI=1S/C19H14Cl3N5O4/c20-9-1-2-10(11(21)5-9)17(30)13-6-26(19(31)27(13)8-16(28)29)7-15-23-12-3-4-14(22)24-18(12)25-15/h1-5,13H,6-8H2,(H,28,29)(H,23,24,25). The summed E-state index contributed by atoms with van der Waals surface area (Å²) in [7, 11) is 0. The average Bonchev–Trinajstić information content (AvgIpc) is 3.22. The topological polar surface area (TPSA) is 119 Å². The fraction of sp³-hybridized carbons (Fsp3) is 0.211. The van der Waals surface area contributed by atoms with Crippen LogP contribution in [0.5, 0.6) is 0 Å². The number of ketones is 1. The predicted octanol–water partition coefficient (Wildman–Crippen LogP) is 3.49. The molecule has 0 spiro atoms. The quantitative estimate of drug-likeness (QED) is 0.410. The second-order valence-corrected chi connectivity index (χ2v) is 8.11. The molecule has 9 nitrogen and oxygen atoms in total. The van der Waals surface area contributed by atoms with Crippen LogP contribution in [0.15, 0.2) is 30.3 Å². The summed E-state index contributed by atoms with van der Waals surface area (Å²) in [5.74, 6) is -1.29. The molecule has 1 aromatic carbocycles. The monoisotopic (exact) mass is 481 g/mol. The van der Waals surface area contributed by atoms with E-state index in [9.17, 15) is 19.5 Å². The first-order chi connectivity index (χ1) is 14.7. The number of carboxylic acids is 1. The Labute approximate surface area is 190 Å². The minimum absolute atomic E-state index is 0.0288. The Kier molecular flexibility index (Phi) is 5.74. The van der Waals surface area contributed by atoms with Gasteiger partial charge in [0.15, 0.2) is 11.4 Å². The molecule has 2 N–H and O–H groups in total. The van der Waals surface area contributed by atoms with Crippen LogP contribution in [0, 0.1) is 0 Å². The van der Waals surface area contributed by atoms with Crippen molar-refractivity contribution in [2.75, 3.05) is 13.1 Å². The summed E-state index contributed by atoms with van der Waals surface area (Å²) in [5.41, 5.74) is 1.18.